The normalized spacial score (nSPS) is 12.9. The van der Waals surface area contributed by atoms with Crippen LogP contribution in [0.25, 0.3) is 117 Å². The molecule has 0 atom stereocenters. The summed E-state index contributed by atoms with van der Waals surface area (Å²) < 4.78 is 8.75. The number of benzene rings is 8. The van der Waals surface area contributed by atoms with Gasteiger partial charge >= 0.3 is 0 Å². The third-order valence-electron chi connectivity index (χ3n) is 13.0. The van der Waals surface area contributed by atoms with Crippen LogP contribution in [0.1, 0.15) is 0 Å². The van der Waals surface area contributed by atoms with Gasteiger partial charge in [-0.05, 0) is 52.7 Å². The first kappa shape index (κ1) is 37.2. The maximum Gasteiger partial charge on any atom is 0.238 e. The molecule has 4 aromatic heterocycles. The number of fused-ring (bicyclic) bond motifs is 9. The van der Waals surface area contributed by atoms with Gasteiger partial charge in [-0.3, -0.25) is 4.57 Å². The molecular weight excluding hydrogens is 813 g/mol. The maximum absolute atomic E-state index is 6.58. The van der Waals surface area contributed by atoms with Crippen LogP contribution in [-0.2, 0) is 0 Å². The Labute approximate surface area is 375 Å². The Morgan fingerprint density at radius 1 is 0.415 bits per heavy atom. The van der Waals surface area contributed by atoms with Gasteiger partial charge in [0.1, 0.15) is 19.2 Å². The summed E-state index contributed by atoms with van der Waals surface area (Å²) in [6.07, 6.45) is 0. The molecule has 0 aliphatic carbocycles. The molecule has 0 saturated carbocycles. The second kappa shape index (κ2) is 14.4. The van der Waals surface area contributed by atoms with Crippen molar-refractivity contribution in [1.29, 1.82) is 0 Å². The summed E-state index contributed by atoms with van der Waals surface area (Å²) >= 11 is 0. The van der Waals surface area contributed by atoms with Crippen molar-refractivity contribution in [1.82, 2.24) is 29.5 Å². The Kier molecular flexibility index (Phi) is 8.22. The number of aromatic nitrogens is 6. The molecule has 0 N–H and O–H groups in total. The first-order valence-electron chi connectivity index (χ1n) is 21.9. The minimum atomic E-state index is -2.18. The number of hydrogen-bond donors (Lipinski definition) is 0. The summed E-state index contributed by atoms with van der Waals surface area (Å²) in [6.45, 7) is 4.82. The van der Waals surface area contributed by atoms with Gasteiger partial charge in [-0.15, -0.1) is 0 Å². The van der Waals surface area contributed by atoms with E-state index >= 15 is 0 Å². The van der Waals surface area contributed by atoms with Crippen molar-refractivity contribution in [2.75, 3.05) is 0 Å². The molecule has 0 fully saturated rings. The minimum absolute atomic E-state index is 0.531. The second-order valence-electron chi connectivity index (χ2n) is 17.3. The highest BCUT2D eigenvalue weighted by atomic mass is 28.3. The van der Waals surface area contributed by atoms with Crippen molar-refractivity contribution < 1.29 is 4.42 Å². The van der Waals surface area contributed by atoms with E-state index in [0.29, 0.717) is 23.4 Å². The average molecular weight is 851 g/mol. The van der Waals surface area contributed by atoms with E-state index in [0.717, 1.165) is 88.4 Å². The fourth-order valence-corrected chi connectivity index (χ4v) is 12.8. The quantitative estimate of drug-likeness (QED) is 0.155. The predicted molar refractivity (Wildman–Crippen MR) is 266 cm³/mol. The molecule has 8 heteroatoms. The van der Waals surface area contributed by atoms with Crippen LogP contribution in [0.4, 0.5) is 0 Å². The highest BCUT2D eigenvalue weighted by Gasteiger charge is 2.41. The molecule has 13 rings (SSSR count). The molecule has 7 nitrogen and oxygen atoms in total. The Bertz CT molecular complexity index is 3800. The van der Waals surface area contributed by atoms with Crippen LogP contribution < -0.4 is 10.5 Å². The van der Waals surface area contributed by atoms with E-state index in [1.807, 2.05) is 72.8 Å². The van der Waals surface area contributed by atoms with Crippen LogP contribution in [0.5, 0.6) is 0 Å². The van der Waals surface area contributed by atoms with Gasteiger partial charge in [-0.25, -0.2) is 15.0 Å². The molecule has 8 aromatic carbocycles. The van der Waals surface area contributed by atoms with E-state index in [2.05, 4.69) is 139 Å². The Morgan fingerprint density at radius 2 is 0.969 bits per heavy atom. The lowest BCUT2D eigenvalue weighted by Gasteiger charge is -2.19. The molecule has 1 aliphatic rings. The second-order valence-corrected chi connectivity index (χ2v) is 21.5. The first-order valence-corrected chi connectivity index (χ1v) is 24.9. The molecule has 0 amide bonds. The van der Waals surface area contributed by atoms with Crippen LogP contribution in [0.15, 0.2) is 199 Å². The number of hydrogen-bond acceptors (Lipinski definition) is 6. The summed E-state index contributed by atoms with van der Waals surface area (Å²) in [4.78, 5) is 26.5. The van der Waals surface area contributed by atoms with Gasteiger partial charge in [-0.1, -0.05) is 171 Å². The van der Waals surface area contributed by atoms with Gasteiger partial charge in [0.05, 0.1) is 16.7 Å². The van der Waals surface area contributed by atoms with Gasteiger partial charge in [0, 0.05) is 60.2 Å². The molecule has 306 valence electrons. The third kappa shape index (κ3) is 5.84. The highest BCUT2D eigenvalue weighted by Crippen LogP contribution is 2.41. The molecule has 0 unspecified atom stereocenters. The first-order chi connectivity index (χ1) is 32.0. The van der Waals surface area contributed by atoms with Gasteiger partial charge in [-0.2, -0.15) is 9.97 Å². The van der Waals surface area contributed by atoms with E-state index in [-0.39, 0.29) is 0 Å². The fraction of sp³-hybridized carbons (Fsp3) is 0.0351. The van der Waals surface area contributed by atoms with Crippen LogP contribution in [-0.4, -0.2) is 37.6 Å². The molecular formula is C57H38N6OSi. The lowest BCUT2D eigenvalue weighted by molar-refractivity contribution is 0.670. The third-order valence-corrected chi connectivity index (χ3v) is 16.4. The van der Waals surface area contributed by atoms with Gasteiger partial charge in [0.2, 0.25) is 5.95 Å². The number of para-hydroxylation sites is 2. The monoisotopic (exact) mass is 850 g/mol. The predicted octanol–water partition coefficient (Wildman–Crippen LogP) is 12.8. The molecule has 1 aliphatic heterocycles. The van der Waals surface area contributed by atoms with Crippen LogP contribution >= 0.6 is 0 Å². The minimum Gasteiger partial charge on any atom is -0.455 e. The Morgan fingerprint density at radius 3 is 1.68 bits per heavy atom. The molecule has 5 heterocycles. The Hall–Kier alpha value is -8.33. The average Bonchev–Trinajstić information content (AvgIpc) is 3.99. The number of nitrogens with zero attached hydrogens (tertiary/aromatic N) is 6. The van der Waals surface area contributed by atoms with E-state index < -0.39 is 8.07 Å². The summed E-state index contributed by atoms with van der Waals surface area (Å²) in [5.74, 6) is 2.44. The van der Waals surface area contributed by atoms with Crippen molar-refractivity contribution in [2.45, 2.75) is 13.1 Å². The van der Waals surface area contributed by atoms with E-state index in [9.17, 15) is 0 Å². The molecule has 0 spiro atoms. The zero-order valence-electron chi connectivity index (χ0n) is 35.6. The SMILES string of the molecule is C[Si]1(C)c2ccccc2-c2c(-c3ccccc3)nc(-c3ccc4c(c3)c3cc(-c5cccc6c5oc5ccccc56)ccc3n4-c3nc(-c4ccccc4)nc(-c4ccccc4)n3)nc21. The van der Waals surface area contributed by atoms with E-state index in [1.165, 1.54) is 16.1 Å². The lowest BCUT2D eigenvalue weighted by atomic mass is 9.99. The molecule has 65 heavy (non-hydrogen) atoms. The standard InChI is InChI=1S/C57H38N6OSi/c1-65(2)49-28-15-13-24-43(49)50-51(35-17-6-3-7-18-35)58-55(60-56(50)65)39-30-32-47-45(34-39)44-33-38(40-25-16-26-42-41-23-12-14-27-48(41)64-52(40)42)29-31-46(44)63(47)57-61-53(36-19-8-4-9-20-36)59-54(62-57)37-21-10-5-11-22-37/h3-34H,1-2H3. The van der Waals surface area contributed by atoms with Gasteiger partial charge in [0.25, 0.3) is 0 Å². The van der Waals surface area contributed by atoms with Crippen LogP contribution in [0, 0.1) is 0 Å². The van der Waals surface area contributed by atoms with Crippen LogP contribution in [0.2, 0.25) is 13.1 Å². The van der Waals surface area contributed by atoms with Crippen molar-refractivity contribution in [3.8, 4) is 73.6 Å². The largest absolute Gasteiger partial charge is 0.455 e. The van der Waals surface area contributed by atoms with Crippen molar-refractivity contribution in [2.24, 2.45) is 0 Å². The maximum atomic E-state index is 6.58. The smallest absolute Gasteiger partial charge is 0.238 e. The summed E-state index contributed by atoms with van der Waals surface area (Å²) in [7, 11) is -2.18. The number of rotatable bonds is 6. The van der Waals surface area contributed by atoms with Crippen molar-refractivity contribution >= 4 is 62.3 Å². The van der Waals surface area contributed by atoms with Crippen molar-refractivity contribution in [3.63, 3.8) is 0 Å². The lowest BCUT2D eigenvalue weighted by Crippen LogP contribution is -2.50. The van der Waals surface area contributed by atoms with Crippen LogP contribution in [0.3, 0.4) is 0 Å². The van der Waals surface area contributed by atoms with Crippen molar-refractivity contribution in [3.05, 3.63) is 194 Å². The fourth-order valence-electron chi connectivity index (χ4n) is 9.89. The Balaban J connectivity index is 1.08. The molecule has 0 radical (unpaired) electrons. The number of furan rings is 1. The molecule has 12 aromatic rings. The molecule has 0 bridgehead atoms. The topological polar surface area (TPSA) is 82.5 Å². The summed E-state index contributed by atoms with van der Waals surface area (Å²) in [5.41, 5.74) is 12.9. The summed E-state index contributed by atoms with van der Waals surface area (Å²) in [6, 6.07) is 67.5. The zero-order valence-corrected chi connectivity index (χ0v) is 36.6. The molecule has 0 saturated heterocycles. The van der Waals surface area contributed by atoms with Gasteiger partial charge in [0.15, 0.2) is 17.5 Å². The summed E-state index contributed by atoms with van der Waals surface area (Å²) in [5, 5.41) is 6.82. The van der Waals surface area contributed by atoms with Gasteiger partial charge < -0.3 is 4.42 Å². The van der Waals surface area contributed by atoms with E-state index in [4.69, 9.17) is 29.3 Å². The zero-order chi connectivity index (χ0) is 43.2. The van der Waals surface area contributed by atoms with E-state index in [1.54, 1.807) is 0 Å². The highest BCUT2D eigenvalue weighted by molar-refractivity contribution is 7.03.